The van der Waals surface area contributed by atoms with E-state index in [2.05, 4.69) is 10.1 Å². The number of H-pyrrole nitrogens is 1. The highest BCUT2D eigenvalue weighted by Gasteiger charge is 2.20. The van der Waals surface area contributed by atoms with Crippen LogP contribution in [0.4, 0.5) is 0 Å². The summed E-state index contributed by atoms with van der Waals surface area (Å²) in [5.41, 5.74) is 1.16. The van der Waals surface area contributed by atoms with Crippen molar-refractivity contribution >= 4 is 23.2 Å². The van der Waals surface area contributed by atoms with E-state index in [1.54, 1.807) is 37.4 Å². The van der Waals surface area contributed by atoms with Crippen molar-refractivity contribution in [2.24, 2.45) is 0 Å². The summed E-state index contributed by atoms with van der Waals surface area (Å²) < 4.78 is 6.32. The van der Waals surface area contributed by atoms with E-state index in [0.29, 0.717) is 10.7 Å². The molecule has 0 unspecified atom stereocenters. The molecule has 0 spiro atoms. The van der Waals surface area contributed by atoms with Crippen molar-refractivity contribution in [2.75, 3.05) is 6.61 Å². The molecule has 0 aliphatic heterocycles. The molecule has 3 aromatic rings. The van der Waals surface area contributed by atoms with E-state index in [0.717, 1.165) is 5.56 Å². The van der Waals surface area contributed by atoms with Gasteiger partial charge in [0.1, 0.15) is 0 Å². The lowest BCUT2D eigenvalue weighted by atomic mass is 10.0. The molecule has 3 rings (SSSR count). The van der Waals surface area contributed by atoms with Gasteiger partial charge in [-0.15, -0.1) is 0 Å². The number of carbonyl (C=O) groups is 1. The molecule has 0 bridgehead atoms. The number of esters is 1. The summed E-state index contributed by atoms with van der Waals surface area (Å²) in [7, 11) is 0. The van der Waals surface area contributed by atoms with Gasteiger partial charge < -0.3 is 4.74 Å². The van der Waals surface area contributed by atoms with Gasteiger partial charge in [-0.2, -0.15) is 0 Å². The van der Waals surface area contributed by atoms with E-state index in [9.17, 15) is 9.59 Å². The Morgan fingerprint density at radius 2 is 2.22 bits per heavy atom. The average Bonchev–Trinajstić information content (AvgIpc) is 2.99. The average molecular weight is 332 g/mol. The molecule has 0 amide bonds. The highest BCUT2D eigenvalue weighted by molar-refractivity contribution is 6.30. The number of hydrogen-bond donors (Lipinski definition) is 1. The van der Waals surface area contributed by atoms with Crippen LogP contribution in [0.1, 0.15) is 28.5 Å². The molecule has 2 aromatic heterocycles. The van der Waals surface area contributed by atoms with E-state index >= 15 is 0 Å². The number of halogens is 1. The monoisotopic (exact) mass is 331 g/mol. The molecule has 6 nitrogen and oxygen atoms in total. The number of rotatable bonds is 4. The molecule has 0 saturated carbocycles. The van der Waals surface area contributed by atoms with Gasteiger partial charge in [0.05, 0.1) is 12.2 Å². The number of carbonyl (C=O) groups excluding carboxylic acids is 1. The van der Waals surface area contributed by atoms with Gasteiger partial charge >= 0.3 is 5.97 Å². The third-order valence-electron chi connectivity index (χ3n) is 3.38. The minimum atomic E-state index is -0.606. The van der Waals surface area contributed by atoms with Gasteiger partial charge in [-0.3, -0.25) is 9.89 Å². The number of hydrogen-bond acceptors (Lipinski definition) is 4. The lowest BCUT2D eigenvalue weighted by Gasteiger charge is -2.08. The van der Waals surface area contributed by atoms with Gasteiger partial charge in [0.25, 0.3) is 5.56 Å². The number of aromatic nitrogens is 3. The Morgan fingerprint density at radius 1 is 1.39 bits per heavy atom. The third kappa shape index (κ3) is 2.98. The zero-order valence-electron chi connectivity index (χ0n) is 12.4. The second-order valence-electron chi connectivity index (χ2n) is 4.93. The van der Waals surface area contributed by atoms with E-state index in [1.807, 2.05) is 6.07 Å². The van der Waals surface area contributed by atoms with Crippen molar-refractivity contribution in [1.82, 2.24) is 14.6 Å². The first kappa shape index (κ1) is 15.3. The zero-order chi connectivity index (χ0) is 16.4. The van der Waals surface area contributed by atoms with Crippen LogP contribution < -0.4 is 5.56 Å². The fourth-order valence-electron chi connectivity index (χ4n) is 2.37. The molecule has 0 aliphatic rings. The fraction of sp³-hybridized carbons (Fsp3) is 0.188. The standard InChI is InChI=1S/C16H14ClN3O3/c1-2-23-16(22)14-12(9-10-4-3-5-11(17)8-10)15(21)20-13(19-14)6-7-18-20/h3-8,18H,2,9H2,1H3. The van der Waals surface area contributed by atoms with Crippen LogP contribution in [0.15, 0.2) is 41.3 Å². The van der Waals surface area contributed by atoms with E-state index in [4.69, 9.17) is 16.3 Å². The minimum absolute atomic E-state index is 0.0384. The Morgan fingerprint density at radius 3 is 2.96 bits per heavy atom. The number of aromatic amines is 1. The van der Waals surface area contributed by atoms with Gasteiger partial charge in [0.2, 0.25) is 0 Å². The lowest BCUT2D eigenvalue weighted by molar-refractivity contribution is 0.0518. The zero-order valence-corrected chi connectivity index (χ0v) is 13.1. The van der Waals surface area contributed by atoms with Gasteiger partial charge in [-0.05, 0) is 24.6 Å². The first-order valence-electron chi connectivity index (χ1n) is 7.10. The topological polar surface area (TPSA) is 76.5 Å². The van der Waals surface area contributed by atoms with Crippen molar-refractivity contribution in [3.8, 4) is 0 Å². The summed E-state index contributed by atoms with van der Waals surface area (Å²) in [4.78, 5) is 29.1. The molecule has 1 N–H and O–H groups in total. The van der Waals surface area contributed by atoms with E-state index in [1.165, 1.54) is 4.52 Å². The summed E-state index contributed by atoms with van der Waals surface area (Å²) in [5.74, 6) is -0.606. The third-order valence-corrected chi connectivity index (χ3v) is 3.61. The summed E-state index contributed by atoms with van der Waals surface area (Å²) in [6, 6.07) is 8.74. The van der Waals surface area contributed by atoms with Gasteiger partial charge in [-0.1, -0.05) is 23.7 Å². The van der Waals surface area contributed by atoms with Crippen molar-refractivity contribution in [3.63, 3.8) is 0 Å². The number of nitrogens with zero attached hydrogens (tertiary/aromatic N) is 2. The molecule has 2 heterocycles. The van der Waals surface area contributed by atoms with Gasteiger partial charge in [-0.25, -0.2) is 14.3 Å². The molecular weight excluding hydrogens is 318 g/mol. The fourth-order valence-corrected chi connectivity index (χ4v) is 2.59. The second-order valence-corrected chi connectivity index (χ2v) is 5.36. The summed E-state index contributed by atoms with van der Waals surface area (Å²) in [6.45, 7) is 1.92. The number of nitrogens with one attached hydrogen (secondary N) is 1. The van der Waals surface area contributed by atoms with Crippen LogP contribution >= 0.6 is 11.6 Å². The molecule has 7 heteroatoms. The van der Waals surface area contributed by atoms with Crippen LogP contribution in [0, 0.1) is 0 Å². The Hall–Kier alpha value is -2.60. The number of ether oxygens (including phenoxy) is 1. The lowest BCUT2D eigenvalue weighted by Crippen LogP contribution is -2.26. The smallest absolute Gasteiger partial charge is 0.357 e. The molecule has 0 fully saturated rings. The maximum Gasteiger partial charge on any atom is 0.357 e. The van der Waals surface area contributed by atoms with Crippen molar-refractivity contribution in [1.29, 1.82) is 0 Å². The van der Waals surface area contributed by atoms with Gasteiger partial charge in [0, 0.05) is 23.7 Å². The van der Waals surface area contributed by atoms with Crippen molar-refractivity contribution in [2.45, 2.75) is 13.3 Å². The van der Waals surface area contributed by atoms with Gasteiger partial charge in [0.15, 0.2) is 11.3 Å². The van der Waals surface area contributed by atoms with Crippen LogP contribution in [0.2, 0.25) is 5.02 Å². The molecule has 118 valence electrons. The second kappa shape index (κ2) is 6.26. The Bertz CT molecular complexity index is 930. The van der Waals surface area contributed by atoms with Crippen LogP contribution in [-0.4, -0.2) is 27.2 Å². The van der Waals surface area contributed by atoms with Crippen LogP contribution in [-0.2, 0) is 11.2 Å². The largest absolute Gasteiger partial charge is 0.461 e. The Kier molecular flexibility index (Phi) is 4.16. The molecule has 0 atom stereocenters. The van der Waals surface area contributed by atoms with Crippen LogP contribution in [0.3, 0.4) is 0 Å². The van der Waals surface area contributed by atoms with Crippen molar-refractivity contribution < 1.29 is 9.53 Å². The molecular formula is C16H14ClN3O3. The first-order chi connectivity index (χ1) is 11.1. The summed E-state index contributed by atoms with van der Waals surface area (Å²) >= 11 is 5.98. The molecule has 0 radical (unpaired) electrons. The maximum absolute atomic E-state index is 12.7. The van der Waals surface area contributed by atoms with Crippen LogP contribution in [0.5, 0.6) is 0 Å². The number of benzene rings is 1. The summed E-state index contributed by atoms with van der Waals surface area (Å²) in [6.07, 6.45) is 1.82. The Balaban J connectivity index is 2.16. The highest BCUT2D eigenvalue weighted by Crippen LogP contribution is 2.16. The predicted molar refractivity (Wildman–Crippen MR) is 86.0 cm³/mol. The first-order valence-corrected chi connectivity index (χ1v) is 7.48. The molecule has 1 aromatic carbocycles. The predicted octanol–water partition coefficient (Wildman–Crippen LogP) is 2.44. The maximum atomic E-state index is 12.7. The van der Waals surface area contributed by atoms with Crippen LogP contribution in [0.25, 0.3) is 5.65 Å². The number of fused-ring (bicyclic) bond motifs is 1. The highest BCUT2D eigenvalue weighted by atomic mass is 35.5. The minimum Gasteiger partial charge on any atom is -0.461 e. The normalized spacial score (nSPS) is 10.9. The Labute approximate surface area is 136 Å². The van der Waals surface area contributed by atoms with Crippen molar-refractivity contribution in [3.05, 3.63) is 68.7 Å². The quantitative estimate of drug-likeness (QED) is 0.745. The SMILES string of the molecule is CCOC(=O)c1nc2cc[nH]n2c(=O)c1Cc1cccc(Cl)c1. The molecule has 0 saturated heterocycles. The van der Waals surface area contributed by atoms with E-state index < -0.39 is 5.97 Å². The molecule has 23 heavy (non-hydrogen) atoms. The summed E-state index contributed by atoms with van der Waals surface area (Å²) in [5, 5.41) is 3.35. The van der Waals surface area contributed by atoms with E-state index in [-0.39, 0.29) is 29.8 Å². The molecule has 0 aliphatic carbocycles.